The van der Waals surface area contributed by atoms with Gasteiger partial charge in [0.1, 0.15) is 0 Å². The molecule has 0 radical (unpaired) electrons. The summed E-state index contributed by atoms with van der Waals surface area (Å²) < 4.78 is 5.69. The van der Waals surface area contributed by atoms with Crippen LogP contribution in [0.5, 0.6) is 0 Å². The largest absolute Gasteiger partial charge is 0.375 e. The number of rotatable bonds is 3. The molecule has 0 spiro atoms. The number of imidazole rings is 1. The highest BCUT2D eigenvalue weighted by Gasteiger charge is 2.28. The maximum Gasteiger partial charge on any atom is 0.0925 e. The van der Waals surface area contributed by atoms with Crippen LogP contribution in [0.4, 0.5) is 0 Å². The summed E-state index contributed by atoms with van der Waals surface area (Å²) >= 11 is 0. The van der Waals surface area contributed by atoms with Crippen LogP contribution in [0.1, 0.15) is 38.1 Å². The van der Waals surface area contributed by atoms with Gasteiger partial charge in [0.15, 0.2) is 0 Å². The molecule has 90 valence electrons. The molecule has 2 heterocycles. The van der Waals surface area contributed by atoms with Crippen molar-refractivity contribution in [3.05, 3.63) is 17.7 Å². The molecule has 1 aromatic heterocycles. The van der Waals surface area contributed by atoms with Crippen molar-refractivity contribution in [2.75, 3.05) is 6.61 Å². The molecule has 1 fully saturated rings. The van der Waals surface area contributed by atoms with E-state index in [1.54, 1.807) is 6.33 Å². The van der Waals surface area contributed by atoms with Crippen LogP contribution in [0.2, 0.25) is 0 Å². The summed E-state index contributed by atoms with van der Waals surface area (Å²) in [6.07, 6.45) is 3.91. The first kappa shape index (κ1) is 11.6. The van der Waals surface area contributed by atoms with Gasteiger partial charge in [0, 0.05) is 24.9 Å². The van der Waals surface area contributed by atoms with Crippen molar-refractivity contribution < 1.29 is 4.74 Å². The van der Waals surface area contributed by atoms with Gasteiger partial charge in [0.2, 0.25) is 0 Å². The highest BCUT2D eigenvalue weighted by Crippen LogP contribution is 2.24. The lowest BCUT2D eigenvalue weighted by atomic mass is 9.94. The Balaban J connectivity index is 1.84. The third-order valence-corrected chi connectivity index (χ3v) is 3.19. The van der Waals surface area contributed by atoms with E-state index in [-0.39, 0.29) is 5.60 Å². The van der Waals surface area contributed by atoms with E-state index < -0.39 is 0 Å². The minimum atomic E-state index is 0.0105. The van der Waals surface area contributed by atoms with Crippen LogP contribution in [-0.2, 0) is 11.3 Å². The Hall–Kier alpha value is -0.870. The van der Waals surface area contributed by atoms with E-state index in [0.717, 1.165) is 37.4 Å². The molecule has 1 saturated heterocycles. The zero-order valence-electron chi connectivity index (χ0n) is 10.3. The van der Waals surface area contributed by atoms with Gasteiger partial charge in [-0.15, -0.1) is 0 Å². The minimum absolute atomic E-state index is 0.0105. The molecular formula is C12H21N3O. The van der Waals surface area contributed by atoms with Crippen molar-refractivity contribution in [2.24, 2.45) is 0 Å². The zero-order chi connectivity index (χ0) is 11.6. The maximum atomic E-state index is 5.69. The van der Waals surface area contributed by atoms with Crippen molar-refractivity contribution in [3.8, 4) is 0 Å². The molecule has 1 aromatic rings. The van der Waals surface area contributed by atoms with Crippen LogP contribution in [0, 0.1) is 6.92 Å². The molecule has 2 N–H and O–H groups in total. The van der Waals surface area contributed by atoms with E-state index in [9.17, 15) is 0 Å². The average Bonchev–Trinajstić information content (AvgIpc) is 2.60. The summed E-state index contributed by atoms with van der Waals surface area (Å²) in [4.78, 5) is 7.38. The smallest absolute Gasteiger partial charge is 0.0925 e. The third-order valence-electron chi connectivity index (χ3n) is 3.19. The second-order valence-electron chi connectivity index (χ2n) is 5.15. The number of aromatic amines is 1. The van der Waals surface area contributed by atoms with Gasteiger partial charge in [-0.3, -0.25) is 0 Å². The standard InChI is InChI=1S/C12H21N3O/c1-9-11(15-8-14-9)7-13-10-4-5-16-12(2,3)6-10/h8,10,13H,4-7H2,1-3H3,(H,14,15). The van der Waals surface area contributed by atoms with E-state index in [0.29, 0.717) is 6.04 Å². The normalized spacial score (nSPS) is 24.6. The summed E-state index contributed by atoms with van der Waals surface area (Å²) in [7, 11) is 0. The Morgan fingerprint density at radius 2 is 2.44 bits per heavy atom. The van der Waals surface area contributed by atoms with Gasteiger partial charge in [-0.25, -0.2) is 4.98 Å². The highest BCUT2D eigenvalue weighted by molar-refractivity contribution is 5.08. The average molecular weight is 223 g/mol. The van der Waals surface area contributed by atoms with Crippen molar-refractivity contribution in [1.29, 1.82) is 0 Å². The molecule has 1 unspecified atom stereocenters. The molecule has 1 aliphatic heterocycles. The number of H-pyrrole nitrogens is 1. The first-order valence-corrected chi connectivity index (χ1v) is 5.93. The molecule has 0 aliphatic carbocycles. The van der Waals surface area contributed by atoms with Crippen LogP contribution >= 0.6 is 0 Å². The molecule has 0 amide bonds. The quantitative estimate of drug-likeness (QED) is 0.821. The van der Waals surface area contributed by atoms with E-state index in [4.69, 9.17) is 4.74 Å². The molecule has 16 heavy (non-hydrogen) atoms. The maximum absolute atomic E-state index is 5.69. The number of hydrogen-bond acceptors (Lipinski definition) is 3. The second-order valence-corrected chi connectivity index (χ2v) is 5.15. The molecule has 1 aliphatic rings. The van der Waals surface area contributed by atoms with Crippen molar-refractivity contribution in [1.82, 2.24) is 15.3 Å². The number of nitrogens with one attached hydrogen (secondary N) is 2. The fraction of sp³-hybridized carbons (Fsp3) is 0.750. The van der Waals surface area contributed by atoms with Crippen LogP contribution in [0.3, 0.4) is 0 Å². The number of nitrogens with zero attached hydrogens (tertiary/aromatic N) is 1. The Bertz CT molecular complexity index is 346. The third kappa shape index (κ3) is 2.83. The van der Waals surface area contributed by atoms with Crippen LogP contribution in [0.15, 0.2) is 6.33 Å². The molecule has 0 bridgehead atoms. The van der Waals surface area contributed by atoms with Crippen molar-refractivity contribution in [2.45, 2.75) is 51.8 Å². The highest BCUT2D eigenvalue weighted by atomic mass is 16.5. The molecule has 2 rings (SSSR count). The van der Waals surface area contributed by atoms with E-state index in [2.05, 4.69) is 36.1 Å². The molecular weight excluding hydrogens is 202 g/mol. The fourth-order valence-corrected chi connectivity index (χ4v) is 2.21. The summed E-state index contributed by atoms with van der Waals surface area (Å²) in [6, 6.07) is 0.542. The first-order chi connectivity index (χ1) is 7.57. The van der Waals surface area contributed by atoms with Crippen LogP contribution in [0.25, 0.3) is 0 Å². The summed E-state index contributed by atoms with van der Waals surface area (Å²) in [6.45, 7) is 8.06. The molecule has 1 atom stereocenters. The molecule has 4 nitrogen and oxygen atoms in total. The SMILES string of the molecule is Cc1[nH]cnc1CNC1CCOC(C)(C)C1. The van der Waals surface area contributed by atoms with Gasteiger partial charge in [-0.1, -0.05) is 0 Å². The van der Waals surface area contributed by atoms with Gasteiger partial charge in [0.25, 0.3) is 0 Å². The van der Waals surface area contributed by atoms with Gasteiger partial charge >= 0.3 is 0 Å². The van der Waals surface area contributed by atoms with Crippen molar-refractivity contribution >= 4 is 0 Å². The number of hydrogen-bond donors (Lipinski definition) is 2. The number of aromatic nitrogens is 2. The lowest BCUT2D eigenvalue weighted by molar-refractivity contribution is -0.0631. The number of ether oxygens (including phenoxy) is 1. The predicted molar refractivity (Wildman–Crippen MR) is 63.2 cm³/mol. The zero-order valence-corrected chi connectivity index (χ0v) is 10.3. The summed E-state index contributed by atoms with van der Waals surface area (Å²) in [5.74, 6) is 0. The molecule has 4 heteroatoms. The molecule has 0 saturated carbocycles. The second kappa shape index (κ2) is 4.55. The van der Waals surface area contributed by atoms with Gasteiger partial charge < -0.3 is 15.0 Å². The monoisotopic (exact) mass is 223 g/mol. The predicted octanol–water partition coefficient (Wildman–Crippen LogP) is 1.77. The van der Waals surface area contributed by atoms with Gasteiger partial charge in [-0.2, -0.15) is 0 Å². The Labute approximate surface area is 96.8 Å². The lowest BCUT2D eigenvalue weighted by Gasteiger charge is -2.35. The lowest BCUT2D eigenvalue weighted by Crippen LogP contribution is -2.43. The Morgan fingerprint density at radius 3 is 3.06 bits per heavy atom. The topological polar surface area (TPSA) is 49.9 Å². The Morgan fingerprint density at radius 1 is 1.62 bits per heavy atom. The fourth-order valence-electron chi connectivity index (χ4n) is 2.21. The van der Waals surface area contributed by atoms with E-state index in [1.807, 2.05) is 0 Å². The number of aryl methyl sites for hydroxylation is 1. The van der Waals surface area contributed by atoms with Gasteiger partial charge in [-0.05, 0) is 33.6 Å². The summed E-state index contributed by atoms with van der Waals surface area (Å²) in [5, 5.41) is 3.56. The van der Waals surface area contributed by atoms with E-state index >= 15 is 0 Å². The van der Waals surface area contributed by atoms with Gasteiger partial charge in [0.05, 0.1) is 17.6 Å². The summed E-state index contributed by atoms with van der Waals surface area (Å²) in [5.41, 5.74) is 2.28. The Kier molecular flexibility index (Phi) is 3.30. The first-order valence-electron chi connectivity index (χ1n) is 5.93. The van der Waals surface area contributed by atoms with Crippen LogP contribution < -0.4 is 5.32 Å². The van der Waals surface area contributed by atoms with Crippen LogP contribution in [-0.4, -0.2) is 28.2 Å². The van der Waals surface area contributed by atoms with E-state index in [1.165, 1.54) is 0 Å². The molecule has 0 aromatic carbocycles. The minimum Gasteiger partial charge on any atom is -0.375 e. The van der Waals surface area contributed by atoms with Crippen molar-refractivity contribution in [3.63, 3.8) is 0 Å².